The number of carbonyl (C=O) groups excluding carboxylic acids is 2. The monoisotopic (exact) mass is 989 g/mol. The molecule has 0 aromatic heterocycles. The molecule has 2 saturated heterocycles. The molecule has 406 valence electrons. The number of rotatable bonds is 44. The van der Waals surface area contributed by atoms with E-state index in [0.717, 1.165) is 44.9 Å². The Labute approximate surface area is 416 Å². The number of esters is 2. The summed E-state index contributed by atoms with van der Waals surface area (Å²) in [5.41, 5.74) is 0. The van der Waals surface area contributed by atoms with Crippen molar-refractivity contribution in [3.63, 3.8) is 0 Å². The van der Waals surface area contributed by atoms with Gasteiger partial charge in [-0.1, -0.05) is 187 Å². The van der Waals surface area contributed by atoms with Gasteiger partial charge in [0.25, 0.3) is 0 Å². The summed E-state index contributed by atoms with van der Waals surface area (Å²) in [7, 11) is 0. The molecule has 11 atom stereocenters. The molecular weight excluding hydrogens is 889 g/mol. The lowest BCUT2D eigenvalue weighted by Crippen LogP contribution is -2.61. The zero-order valence-electron chi connectivity index (χ0n) is 43.1. The van der Waals surface area contributed by atoms with Crippen LogP contribution in [0.4, 0.5) is 0 Å². The molecule has 15 nitrogen and oxygen atoms in total. The van der Waals surface area contributed by atoms with E-state index >= 15 is 0 Å². The lowest BCUT2D eigenvalue weighted by atomic mass is 9.98. The second kappa shape index (κ2) is 41.7. The van der Waals surface area contributed by atoms with Gasteiger partial charge in [0.05, 0.1) is 19.8 Å². The van der Waals surface area contributed by atoms with Crippen molar-refractivity contribution in [1.82, 2.24) is 0 Å². The Hall–Kier alpha value is -1.76. The molecule has 2 fully saturated rings. The van der Waals surface area contributed by atoms with Crippen LogP contribution in [0.25, 0.3) is 0 Å². The SMILES string of the molecule is CCCCCCCC/C=C/CCCCCCCCCCCC(=O)O[C@H](COC(=O)CCCCCCCCCCCCCCCC)CO[C@H]1O[C@@H](CO[C@H]2O[C@@H](CO)[C@@H](O)C(O)C2O)[C@@H](O)C(O)C1O. The molecule has 2 rings (SSSR count). The molecule has 0 aliphatic carbocycles. The van der Waals surface area contributed by atoms with Crippen molar-refractivity contribution >= 4 is 11.9 Å². The maximum Gasteiger partial charge on any atom is 0.306 e. The van der Waals surface area contributed by atoms with Crippen molar-refractivity contribution < 1.29 is 73.8 Å². The van der Waals surface area contributed by atoms with Gasteiger partial charge in [0.1, 0.15) is 55.4 Å². The number of unbranched alkanes of at least 4 members (excludes halogenated alkanes) is 28. The molecule has 2 aliphatic heterocycles. The molecule has 0 aromatic rings. The summed E-state index contributed by atoms with van der Waals surface area (Å²) in [6, 6.07) is 0. The van der Waals surface area contributed by atoms with Crippen molar-refractivity contribution in [3.8, 4) is 0 Å². The minimum atomic E-state index is -1.76. The summed E-state index contributed by atoms with van der Waals surface area (Å²) in [6.45, 7) is 2.62. The Morgan fingerprint density at radius 1 is 0.449 bits per heavy atom. The third-order valence-electron chi connectivity index (χ3n) is 13.5. The highest BCUT2D eigenvalue weighted by Gasteiger charge is 2.47. The van der Waals surface area contributed by atoms with E-state index in [0.29, 0.717) is 12.8 Å². The zero-order valence-corrected chi connectivity index (χ0v) is 43.1. The molecule has 2 heterocycles. The second-order valence-corrected chi connectivity index (χ2v) is 19.8. The molecule has 0 radical (unpaired) electrons. The number of aliphatic hydroxyl groups excluding tert-OH is 7. The van der Waals surface area contributed by atoms with Crippen molar-refractivity contribution in [2.45, 2.75) is 293 Å². The molecule has 0 aromatic carbocycles. The van der Waals surface area contributed by atoms with Crippen LogP contribution in [0.15, 0.2) is 12.2 Å². The van der Waals surface area contributed by atoms with E-state index in [4.69, 9.17) is 28.4 Å². The van der Waals surface area contributed by atoms with E-state index in [2.05, 4.69) is 26.0 Å². The van der Waals surface area contributed by atoms with Crippen LogP contribution in [-0.2, 0) is 38.0 Å². The number of ether oxygens (including phenoxy) is 6. The van der Waals surface area contributed by atoms with Gasteiger partial charge in [-0.3, -0.25) is 9.59 Å². The number of hydrogen-bond donors (Lipinski definition) is 7. The van der Waals surface area contributed by atoms with Gasteiger partial charge in [0.2, 0.25) is 0 Å². The molecule has 0 amide bonds. The maximum atomic E-state index is 13.0. The smallest absolute Gasteiger partial charge is 0.306 e. The highest BCUT2D eigenvalue weighted by molar-refractivity contribution is 5.70. The van der Waals surface area contributed by atoms with E-state index in [1.165, 1.54) is 141 Å². The predicted molar refractivity (Wildman–Crippen MR) is 266 cm³/mol. The first-order chi connectivity index (χ1) is 33.5. The van der Waals surface area contributed by atoms with E-state index in [9.17, 15) is 45.3 Å². The average Bonchev–Trinajstić information content (AvgIpc) is 3.34. The molecule has 0 spiro atoms. The lowest BCUT2D eigenvalue weighted by Gasteiger charge is -2.42. The normalized spacial score (nSPS) is 25.6. The Bertz CT molecular complexity index is 1250. The molecule has 69 heavy (non-hydrogen) atoms. The van der Waals surface area contributed by atoms with E-state index in [-0.39, 0.29) is 26.1 Å². The fourth-order valence-electron chi connectivity index (χ4n) is 8.92. The van der Waals surface area contributed by atoms with Gasteiger partial charge in [0.15, 0.2) is 18.7 Å². The quantitative estimate of drug-likeness (QED) is 0.0172. The first kappa shape index (κ1) is 63.4. The number of carbonyl (C=O) groups is 2. The van der Waals surface area contributed by atoms with Gasteiger partial charge >= 0.3 is 11.9 Å². The van der Waals surface area contributed by atoms with E-state index in [1.807, 2.05) is 0 Å². The minimum absolute atomic E-state index is 0.167. The van der Waals surface area contributed by atoms with Gasteiger partial charge in [-0.2, -0.15) is 0 Å². The summed E-state index contributed by atoms with van der Waals surface area (Å²) < 4.78 is 33.7. The summed E-state index contributed by atoms with van der Waals surface area (Å²) >= 11 is 0. The second-order valence-electron chi connectivity index (χ2n) is 19.8. The summed E-state index contributed by atoms with van der Waals surface area (Å²) in [4.78, 5) is 25.8. The van der Waals surface area contributed by atoms with Crippen LogP contribution in [-0.4, -0.2) is 142 Å². The number of hydrogen-bond acceptors (Lipinski definition) is 15. The van der Waals surface area contributed by atoms with E-state index in [1.54, 1.807) is 0 Å². The number of allylic oxidation sites excluding steroid dienone is 2. The first-order valence-corrected chi connectivity index (χ1v) is 27.8. The van der Waals surface area contributed by atoms with Gasteiger partial charge in [0, 0.05) is 12.8 Å². The summed E-state index contributed by atoms with van der Waals surface area (Å²) in [5.74, 6) is -0.914. The third-order valence-corrected chi connectivity index (χ3v) is 13.5. The van der Waals surface area contributed by atoms with E-state index < -0.39 is 92.7 Å². The van der Waals surface area contributed by atoms with Crippen LogP contribution in [0.3, 0.4) is 0 Å². The molecule has 2 aliphatic rings. The van der Waals surface area contributed by atoms with Crippen molar-refractivity contribution in [3.05, 3.63) is 12.2 Å². The molecule has 4 unspecified atom stereocenters. The molecule has 0 bridgehead atoms. The highest BCUT2D eigenvalue weighted by atomic mass is 16.7. The van der Waals surface area contributed by atoms with Crippen LogP contribution < -0.4 is 0 Å². The van der Waals surface area contributed by atoms with Gasteiger partial charge in [-0.05, 0) is 38.5 Å². The van der Waals surface area contributed by atoms with Crippen LogP contribution in [0.1, 0.15) is 226 Å². The maximum absolute atomic E-state index is 13.0. The molecule has 15 heteroatoms. The Kier molecular flexibility index (Phi) is 38.3. The molecule has 0 saturated carbocycles. The molecule has 7 N–H and O–H groups in total. The van der Waals surface area contributed by atoms with Crippen LogP contribution in [0.5, 0.6) is 0 Å². The van der Waals surface area contributed by atoms with Crippen molar-refractivity contribution in [1.29, 1.82) is 0 Å². The Balaban J connectivity index is 1.77. The number of aliphatic hydroxyl groups is 7. The average molecular weight is 989 g/mol. The standard InChI is InChI=1S/C54H100O15/c1-3-5-7-9-11-13-15-17-19-20-21-22-23-25-27-29-31-33-35-37-46(57)67-42(39-64-45(56)36-34-32-30-28-26-24-18-16-14-12-10-8-6-4-2)40-65-53-52(63)50(61)48(59)44(69-53)41-66-54-51(62)49(60)47(58)43(38-55)68-54/h17,19,42-44,47-55,58-63H,3-16,18,20-41H2,1-2H3/b19-17+/t42-,43+,44+,47-,48-,49?,50?,51?,52?,53+,54+/m1/s1. The summed E-state index contributed by atoms with van der Waals surface area (Å²) in [5, 5.41) is 72.2. The minimum Gasteiger partial charge on any atom is -0.462 e. The highest BCUT2D eigenvalue weighted by Crippen LogP contribution is 2.27. The lowest BCUT2D eigenvalue weighted by molar-refractivity contribution is -0.332. The zero-order chi connectivity index (χ0) is 50.3. The topological polar surface area (TPSA) is 231 Å². The Morgan fingerprint density at radius 2 is 0.826 bits per heavy atom. The third kappa shape index (κ3) is 29.5. The van der Waals surface area contributed by atoms with Crippen molar-refractivity contribution in [2.75, 3.05) is 26.4 Å². The van der Waals surface area contributed by atoms with Crippen LogP contribution in [0, 0.1) is 0 Å². The van der Waals surface area contributed by atoms with Crippen LogP contribution >= 0.6 is 0 Å². The fourth-order valence-corrected chi connectivity index (χ4v) is 8.92. The van der Waals surface area contributed by atoms with Gasteiger partial charge in [-0.15, -0.1) is 0 Å². The summed E-state index contributed by atoms with van der Waals surface area (Å²) in [6.07, 6.45) is 25.2. The molecular formula is C54H100O15. The first-order valence-electron chi connectivity index (χ1n) is 27.8. The van der Waals surface area contributed by atoms with Gasteiger partial charge < -0.3 is 64.2 Å². The predicted octanol–water partition coefficient (Wildman–Crippen LogP) is 8.55. The van der Waals surface area contributed by atoms with Crippen molar-refractivity contribution in [2.24, 2.45) is 0 Å². The Morgan fingerprint density at radius 3 is 1.28 bits per heavy atom. The fraction of sp³-hybridized carbons (Fsp3) is 0.926. The largest absolute Gasteiger partial charge is 0.462 e. The van der Waals surface area contributed by atoms with Crippen LogP contribution in [0.2, 0.25) is 0 Å². The van der Waals surface area contributed by atoms with Gasteiger partial charge in [-0.25, -0.2) is 0 Å².